The third-order valence-corrected chi connectivity index (χ3v) is 6.13. The van der Waals surface area contributed by atoms with Crippen LogP contribution in [-0.2, 0) is 9.47 Å². The number of aromatic amines is 1. The Bertz CT molecular complexity index is 1280. The van der Waals surface area contributed by atoms with Crippen LogP contribution in [0.1, 0.15) is 19.4 Å². The summed E-state index contributed by atoms with van der Waals surface area (Å²) in [6.07, 6.45) is -2.40. The van der Waals surface area contributed by atoms with Gasteiger partial charge in [-0.3, -0.25) is 14.1 Å². The number of anilines is 1. The van der Waals surface area contributed by atoms with E-state index in [0.717, 1.165) is 4.57 Å². The molecule has 2 aliphatic rings. The van der Waals surface area contributed by atoms with Crippen LogP contribution in [0.5, 0.6) is 0 Å². The van der Waals surface area contributed by atoms with Gasteiger partial charge < -0.3 is 46.7 Å². The van der Waals surface area contributed by atoms with Gasteiger partial charge in [-0.05, 0) is 19.1 Å². The number of hydrogen-bond acceptors (Lipinski definition) is 13. The van der Waals surface area contributed by atoms with Crippen LogP contribution in [0.3, 0.4) is 0 Å². The fourth-order valence-corrected chi connectivity index (χ4v) is 4.23. The van der Waals surface area contributed by atoms with Gasteiger partial charge in [-0.2, -0.15) is 4.98 Å². The van der Waals surface area contributed by atoms with E-state index < -0.39 is 60.3 Å². The number of H-pyrrole nitrogens is 1. The Morgan fingerprint density at radius 1 is 1.08 bits per heavy atom. The van der Waals surface area contributed by atoms with E-state index in [1.807, 2.05) is 0 Å². The van der Waals surface area contributed by atoms with E-state index in [-0.39, 0.29) is 94.5 Å². The predicted molar refractivity (Wildman–Crippen MR) is 136 cm³/mol. The molecule has 4 rings (SSSR count). The molecule has 220 valence electrons. The van der Waals surface area contributed by atoms with Crippen molar-refractivity contribution in [1.29, 1.82) is 0 Å². The van der Waals surface area contributed by atoms with Gasteiger partial charge in [0.15, 0.2) is 12.5 Å². The first kappa shape index (κ1) is 36.9. The van der Waals surface area contributed by atoms with Crippen molar-refractivity contribution in [2.24, 2.45) is 5.73 Å². The van der Waals surface area contributed by atoms with Crippen molar-refractivity contribution in [3.05, 3.63) is 50.1 Å². The smallest absolute Gasteiger partial charge is 0.351 e. The summed E-state index contributed by atoms with van der Waals surface area (Å²) in [5, 5.41) is 40.9. The number of nitrogens with zero attached hydrogens (tertiary/aromatic N) is 3. The molecule has 39 heavy (non-hydrogen) atoms. The molecular formula is C20H29Ar2N7O8S2. The Morgan fingerprint density at radius 3 is 2.15 bits per heavy atom. The van der Waals surface area contributed by atoms with Crippen LogP contribution >= 0.6 is 24.4 Å². The fourth-order valence-electron chi connectivity index (χ4n) is 3.94. The maximum atomic E-state index is 11.9. The number of nitrogen functional groups attached to an aromatic ring is 1. The second-order valence-corrected chi connectivity index (χ2v) is 9.39. The molecule has 0 aliphatic carbocycles. The molecule has 2 fully saturated rings. The number of aliphatic hydroxyl groups excluding tert-OH is 4. The predicted octanol–water partition coefficient (Wildman–Crippen LogP) is -3.13. The summed E-state index contributed by atoms with van der Waals surface area (Å²) in [5.41, 5.74) is 10.0. The number of nitrogens with two attached hydrogens (primary N) is 2. The monoisotopic (exact) mass is 639 g/mol. The molecule has 0 bridgehead atoms. The third kappa shape index (κ3) is 8.95. The van der Waals surface area contributed by atoms with Crippen molar-refractivity contribution in [3.63, 3.8) is 0 Å². The van der Waals surface area contributed by atoms with Gasteiger partial charge in [-0.15, -0.1) is 0 Å². The first-order valence-electron chi connectivity index (χ1n) is 11.1. The third-order valence-electron chi connectivity index (χ3n) is 5.77. The second kappa shape index (κ2) is 16.5. The summed E-state index contributed by atoms with van der Waals surface area (Å²) in [5.74, 6) is 0.0945. The normalized spacial score (nSPS) is 29.4. The van der Waals surface area contributed by atoms with Gasteiger partial charge in [0.05, 0.1) is 24.2 Å². The minimum Gasteiger partial charge on any atom is -0.394 e. The first-order valence-corrected chi connectivity index (χ1v) is 11.9. The molecule has 15 nitrogen and oxygen atoms in total. The van der Waals surface area contributed by atoms with E-state index in [2.05, 4.69) is 15.3 Å². The topological polar surface area (TPSA) is 236 Å². The molecule has 0 radical (unpaired) electrons. The second-order valence-electron chi connectivity index (χ2n) is 8.34. The summed E-state index contributed by atoms with van der Waals surface area (Å²) in [4.78, 5) is 29.9. The minimum atomic E-state index is -1.03. The Kier molecular flexibility index (Phi) is 15.6. The number of aromatic nitrogens is 4. The maximum Gasteiger partial charge on any atom is 0.351 e. The van der Waals surface area contributed by atoms with Crippen LogP contribution in [0.25, 0.3) is 0 Å². The quantitative estimate of drug-likeness (QED) is 0.151. The van der Waals surface area contributed by atoms with Crippen molar-refractivity contribution in [2.75, 3.05) is 18.9 Å². The molecule has 0 spiro atoms. The Hall–Kier alpha value is -0.0905. The average molecular weight is 640 g/mol. The van der Waals surface area contributed by atoms with E-state index in [9.17, 15) is 24.9 Å². The van der Waals surface area contributed by atoms with Crippen LogP contribution in [-0.4, -0.2) is 94.2 Å². The maximum absolute atomic E-state index is 11.9. The largest absolute Gasteiger partial charge is 0.394 e. The van der Waals surface area contributed by atoms with E-state index in [4.69, 9.17) is 50.5 Å². The number of hydrogen-bond donors (Lipinski definition) is 8. The number of nitrogens with one attached hydrogen (secondary N) is 2. The van der Waals surface area contributed by atoms with Crippen molar-refractivity contribution in [3.8, 4) is 0 Å². The molecule has 10 N–H and O–H groups in total. The number of rotatable bonds is 5. The summed E-state index contributed by atoms with van der Waals surface area (Å²) >= 11 is 9.83. The van der Waals surface area contributed by atoms with Crippen LogP contribution in [0.2, 0.25) is 0 Å². The number of ether oxygens (including phenoxy) is 2. The molecule has 2 aromatic rings. The van der Waals surface area contributed by atoms with Crippen LogP contribution < -0.4 is 28.2 Å². The van der Waals surface area contributed by atoms with Gasteiger partial charge in [0.2, 0.25) is 0 Å². The Labute approximate surface area is 292 Å². The van der Waals surface area contributed by atoms with Crippen molar-refractivity contribution in [1.82, 2.24) is 24.4 Å². The summed E-state index contributed by atoms with van der Waals surface area (Å²) < 4.78 is 13.5. The average Bonchev–Trinajstić information content (AvgIpc) is 3.30. The standard InChI is InChI=1S/C11H15N3O4S2.C9H14N4O4.2Ar/c1-5(19)12-8-9(16)6(4-15)18-10(8)14-3-2-7(20)13-11(14)17;10-5-1-2-13(9(16)12-5)8-6(11)7(15)4(3-14)17-8;;/h2-3,6,8-10,15-16H,4H2,1H3,(H,12,19)(H,13,17,20);1-2,4,6-8,14-15H,3,11H2,(H2,10,12,16);;/t6-,8?,9+,10-;4-,6?,7+,8-;;/m11../s1. The molecule has 2 saturated heterocycles. The van der Waals surface area contributed by atoms with Crippen molar-refractivity contribution < 1.29 is 105 Å². The van der Waals surface area contributed by atoms with E-state index in [1.54, 1.807) is 13.0 Å². The molecule has 2 aliphatic heterocycles. The van der Waals surface area contributed by atoms with E-state index >= 15 is 0 Å². The minimum absolute atomic E-state index is 0. The van der Waals surface area contributed by atoms with Gasteiger partial charge >= 0.3 is 11.4 Å². The number of thiocarbonyl (C=S) groups is 1. The molecule has 4 heterocycles. The zero-order chi connectivity index (χ0) is 27.4. The SMILES string of the molecule is CC(=S)NC1[C@@H](O)[C@@H](CO)O[C@H]1n1ccc(=S)[nH]c1=O.Nc1ccn([C@@H]2O[C@H](CO)[C@H](O)C2N)c(=O)n1.[Ar].[Ar]. The zero-order valence-electron chi connectivity index (χ0n) is 20.3. The van der Waals surface area contributed by atoms with E-state index in [0.29, 0.717) is 9.63 Å². The van der Waals surface area contributed by atoms with Crippen molar-refractivity contribution in [2.45, 2.75) is 55.9 Å². The van der Waals surface area contributed by atoms with Gasteiger partial charge in [-0.1, -0.05) is 24.4 Å². The summed E-state index contributed by atoms with van der Waals surface area (Å²) in [6.45, 7) is 0.930. The Balaban J connectivity index is 0.000000375. The van der Waals surface area contributed by atoms with Gasteiger partial charge in [0, 0.05) is 87.9 Å². The van der Waals surface area contributed by atoms with Crippen LogP contribution in [0.15, 0.2) is 34.1 Å². The first-order chi connectivity index (χ1) is 17.5. The van der Waals surface area contributed by atoms with Gasteiger partial charge in [0.25, 0.3) is 0 Å². The molecular weight excluding hydrogens is 610 g/mol. The van der Waals surface area contributed by atoms with Crippen molar-refractivity contribution >= 4 is 35.2 Å². The molecule has 0 saturated carbocycles. The van der Waals surface area contributed by atoms with Crippen LogP contribution in [0, 0.1) is 80.1 Å². The molecule has 0 aromatic carbocycles. The molecule has 8 atom stereocenters. The Morgan fingerprint density at radius 2 is 1.64 bits per heavy atom. The van der Waals surface area contributed by atoms with Gasteiger partial charge in [0.1, 0.15) is 40.9 Å². The molecule has 2 aromatic heterocycles. The van der Waals surface area contributed by atoms with Crippen LogP contribution in [0.4, 0.5) is 5.82 Å². The van der Waals surface area contributed by atoms with Gasteiger partial charge in [-0.25, -0.2) is 9.59 Å². The van der Waals surface area contributed by atoms with E-state index in [1.165, 1.54) is 23.0 Å². The molecule has 19 heteroatoms. The zero-order valence-corrected chi connectivity index (χ0v) is 23.3. The molecule has 2 unspecified atom stereocenters. The fraction of sp³-hybridized carbons (Fsp3) is 0.550. The molecule has 0 amide bonds. The summed E-state index contributed by atoms with van der Waals surface area (Å²) in [6, 6.07) is 1.53. The number of aliphatic hydroxyl groups is 4. The summed E-state index contributed by atoms with van der Waals surface area (Å²) in [7, 11) is 0.